The molecule has 0 aromatic heterocycles. The van der Waals surface area contributed by atoms with Crippen LogP contribution in [0.2, 0.25) is 0 Å². The lowest BCUT2D eigenvalue weighted by atomic mass is 10.0. The summed E-state index contributed by atoms with van der Waals surface area (Å²) in [6.07, 6.45) is 0.360. The molecule has 1 unspecified atom stereocenters. The highest BCUT2D eigenvalue weighted by Crippen LogP contribution is 2.14. The molecule has 0 fully saturated rings. The number of benzene rings is 1. The molecule has 0 radical (unpaired) electrons. The van der Waals surface area contributed by atoms with Gasteiger partial charge in [-0.25, -0.2) is 0 Å². The van der Waals surface area contributed by atoms with Crippen LogP contribution in [0.4, 0.5) is 0 Å². The van der Waals surface area contributed by atoms with Gasteiger partial charge in [0.2, 0.25) is 5.91 Å². The number of nitrogens with zero attached hydrogens (tertiary/aromatic N) is 1. The molecule has 1 amide bonds. The van der Waals surface area contributed by atoms with Crippen molar-refractivity contribution >= 4 is 18.3 Å². The lowest BCUT2D eigenvalue weighted by Gasteiger charge is -2.23. The van der Waals surface area contributed by atoms with E-state index in [0.717, 1.165) is 5.56 Å². The maximum atomic E-state index is 11.8. The fourth-order valence-electron chi connectivity index (χ4n) is 1.44. The van der Waals surface area contributed by atoms with Crippen molar-refractivity contribution in [2.24, 2.45) is 5.73 Å². The minimum absolute atomic E-state index is 0. The molecule has 0 saturated heterocycles. The highest BCUT2D eigenvalue weighted by Gasteiger charge is 2.16. The smallest absolute Gasteiger partial charge is 0.224 e. The molecule has 1 atom stereocenters. The van der Waals surface area contributed by atoms with E-state index in [1.165, 1.54) is 0 Å². The predicted octanol–water partition coefficient (Wildman–Crippen LogP) is 2.37. The van der Waals surface area contributed by atoms with Crippen molar-refractivity contribution in [1.82, 2.24) is 4.90 Å². The molecule has 1 rings (SSSR count). The third kappa shape index (κ3) is 4.75. The van der Waals surface area contributed by atoms with Crippen LogP contribution in [0.5, 0.6) is 0 Å². The Morgan fingerprint density at radius 1 is 1.29 bits per heavy atom. The summed E-state index contributed by atoms with van der Waals surface area (Å²) >= 11 is 0. The van der Waals surface area contributed by atoms with Gasteiger partial charge in [-0.15, -0.1) is 12.4 Å². The van der Waals surface area contributed by atoms with Gasteiger partial charge in [0.25, 0.3) is 0 Å². The van der Waals surface area contributed by atoms with Crippen LogP contribution < -0.4 is 5.73 Å². The summed E-state index contributed by atoms with van der Waals surface area (Å²) in [5.74, 6) is 0.0892. The standard InChI is InChI=1S/C13H20N2O.ClH/c1-10(2)15(3)13(16)9-12(14)11-7-5-4-6-8-11;/h4-8,10,12H,9,14H2,1-3H3;1H. The van der Waals surface area contributed by atoms with E-state index in [1.807, 2.05) is 51.2 Å². The highest BCUT2D eigenvalue weighted by atomic mass is 35.5. The Kier molecular flexibility index (Phi) is 6.85. The van der Waals surface area contributed by atoms with Gasteiger partial charge in [-0.2, -0.15) is 0 Å². The van der Waals surface area contributed by atoms with Crippen molar-refractivity contribution in [2.75, 3.05) is 7.05 Å². The van der Waals surface area contributed by atoms with Gasteiger partial charge in [-0.3, -0.25) is 4.79 Å². The number of halogens is 1. The molecule has 0 bridgehead atoms. The Hall–Kier alpha value is -1.06. The van der Waals surface area contributed by atoms with Gasteiger partial charge in [-0.05, 0) is 19.4 Å². The van der Waals surface area contributed by atoms with E-state index in [-0.39, 0.29) is 30.4 Å². The Bertz CT molecular complexity index is 341. The highest BCUT2D eigenvalue weighted by molar-refractivity contribution is 5.85. The van der Waals surface area contributed by atoms with Gasteiger partial charge in [-0.1, -0.05) is 30.3 Å². The Labute approximate surface area is 109 Å². The second kappa shape index (κ2) is 7.30. The summed E-state index contributed by atoms with van der Waals surface area (Å²) in [6.45, 7) is 3.98. The van der Waals surface area contributed by atoms with Crippen LogP contribution in [-0.4, -0.2) is 23.9 Å². The molecule has 1 aromatic rings. The molecule has 0 aliphatic rings. The maximum absolute atomic E-state index is 11.8. The molecular weight excluding hydrogens is 236 g/mol. The van der Waals surface area contributed by atoms with E-state index in [9.17, 15) is 4.79 Å². The Morgan fingerprint density at radius 3 is 2.29 bits per heavy atom. The molecule has 2 N–H and O–H groups in total. The second-order valence-corrected chi connectivity index (χ2v) is 4.32. The molecule has 17 heavy (non-hydrogen) atoms. The van der Waals surface area contributed by atoms with Gasteiger partial charge in [0.05, 0.1) is 0 Å². The van der Waals surface area contributed by atoms with Crippen molar-refractivity contribution in [3.8, 4) is 0 Å². The fourth-order valence-corrected chi connectivity index (χ4v) is 1.44. The van der Waals surface area contributed by atoms with E-state index in [1.54, 1.807) is 4.90 Å². The average Bonchev–Trinajstić information content (AvgIpc) is 2.28. The zero-order chi connectivity index (χ0) is 12.1. The summed E-state index contributed by atoms with van der Waals surface area (Å²) in [4.78, 5) is 13.5. The van der Waals surface area contributed by atoms with Gasteiger partial charge in [0, 0.05) is 25.6 Å². The molecule has 3 nitrogen and oxygen atoms in total. The number of carbonyl (C=O) groups excluding carboxylic acids is 1. The lowest BCUT2D eigenvalue weighted by Crippen LogP contribution is -2.34. The first-order valence-electron chi connectivity index (χ1n) is 5.58. The molecule has 1 aromatic carbocycles. The monoisotopic (exact) mass is 256 g/mol. The molecule has 0 aliphatic heterocycles. The molecule has 96 valence electrons. The third-order valence-electron chi connectivity index (χ3n) is 2.79. The first-order valence-corrected chi connectivity index (χ1v) is 5.58. The summed E-state index contributed by atoms with van der Waals surface area (Å²) < 4.78 is 0. The van der Waals surface area contributed by atoms with E-state index in [0.29, 0.717) is 6.42 Å². The van der Waals surface area contributed by atoms with Crippen molar-refractivity contribution in [3.63, 3.8) is 0 Å². The number of carbonyl (C=O) groups is 1. The van der Waals surface area contributed by atoms with Crippen molar-refractivity contribution in [3.05, 3.63) is 35.9 Å². The topological polar surface area (TPSA) is 46.3 Å². The SMILES string of the molecule is CC(C)N(C)C(=O)CC(N)c1ccccc1.Cl. The Balaban J connectivity index is 0.00000256. The zero-order valence-electron chi connectivity index (χ0n) is 10.6. The van der Waals surface area contributed by atoms with Crippen LogP contribution in [0.25, 0.3) is 0 Å². The Morgan fingerprint density at radius 2 is 1.82 bits per heavy atom. The summed E-state index contributed by atoms with van der Waals surface area (Å²) in [6, 6.07) is 9.72. The van der Waals surface area contributed by atoms with E-state index in [2.05, 4.69) is 0 Å². The number of hydrogen-bond acceptors (Lipinski definition) is 2. The predicted molar refractivity (Wildman–Crippen MR) is 73.1 cm³/mol. The van der Waals surface area contributed by atoms with Crippen LogP contribution in [0.15, 0.2) is 30.3 Å². The molecule has 4 heteroatoms. The van der Waals surface area contributed by atoms with Crippen molar-refractivity contribution < 1.29 is 4.79 Å². The van der Waals surface area contributed by atoms with Crippen LogP contribution >= 0.6 is 12.4 Å². The molecule has 0 heterocycles. The summed E-state index contributed by atoms with van der Waals surface area (Å²) in [7, 11) is 1.81. The fraction of sp³-hybridized carbons (Fsp3) is 0.462. The largest absolute Gasteiger partial charge is 0.343 e. The van der Waals surface area contributed by atoms with Crippen LogP contribution in [-0.2, 0) is 4.79 Å². The lowest BCUT2D eigenvalue weighted by molar-refractivity contribution is -0.131. The average molecular weight is 257 g/mol. The van der Waals surface area contributed by atoms with Gasteiger partial charge < -0.3 is 10.6 Å². The molecule has 0 aliphatic carbocycles. The number of rotatable bonds is 4. The van der Waals surface area contributed by atoms with Crippen molar-refractivity contribution in [1.29, 1.82) is 0 Å². The van der Waals surface area contributed by atoms with Gasteiger partial charge in [0.15, 0.2) is 0 Å². The zero-order valence-corrected chi connectivity index (χ0v) is 11.4. The van der Waals surface area contributed by atoms with E-state index >= 15 is 0 Å². The minimum Gasteiger partial charge on any atom is -0.343 e. The van der Waals surface area contributed by atoms with Crippen LogP contribution in [0.3, 0.4) is 0 Å². The molecular formula is C13H21ClN2O. The second-order valence-electron chi connectivity index (χ2n) is 4.32. The number of nitrogens with two attached hydrogens (primary N) is 1. The quantitative estimate of drug-likeness (QED) is 0.899. The van der Waals surface area contributed by atoms with Crippen LogP contribution in [0.1, 0.15) is 31.9 Å². The van der Waals surface area contributed by atoms with E-state index < -0.39 is 0 Å². The number of hydrogen-bond donors (Lipinski definition) is 1. The number of amides is 1. The third-order valence-corrected chi connectivity index (χ3v) is 2.79. The van der Waals surface area contributed by atoms with Crippen molar-refractivity contribution in [2.45, 2.75) is 32.4 Å². The summed E-state index contributed by atoms with van der Waals surface area (Å²) in [5, 5.41) is 0. The normalized spacial score (nSPS) is 11.8. The van der Waals surface area contributed by atoms with E-state index in [4.69, 9.17) is 5.73 Å². The summed E-state index contributed by atoms with van der Waals surface area (Å²) in [5.41, 5.74) is 6.99. The van der Waals surface area contributed by atoms with Crippen LogP contribution in [0, 0.1) is 0 Å². The van der Waals surface area contributed by atoms with Gasteiger partial charge in [0.1, 0.15) is 0 Å². The first kappa shape index (κ1) is 15.9. The minimum atomic E-state index is -0.213. The maximum Gasteiger partial charge on any atom is 0.224 e. The molecule has 0 saturated carbocycles. The molecule has 0 spiro atoms. The van der Waals surface area contributed by atoms with Gasteiger partial charge >= 0.3 is 0 Å². The first-order chi connectivity index (χ1) is 7.52.